The number of carbonyl (C=O) groups is 2. The first-order chi connectivity index (χ1) is 6.35. The lowest BCUT2D eigenvalue weighted by molar-refractivity contribution is -0.120. The van der Waals surface area contributed by atoms with Gasteiger partial charge in [-0.05, 0) is 20.8 Å². The Labute approximate surface area is 89.2 Å². The van der Waals surface area contributed by atoms with Crippen LogP contribution in [0.3, 0.4) is 0 Å². The molecule has 0 heterocycles. The summed E-state index contributed by atoms with van der Waals surface area (Å²) in [5.41, 5.74) is -0.204. The number of amides is 2. The lowest BCUT2D eigenvalue weighted by Crippen LogP contribution is -2.41. The van der Waals surface area contributed by atoms with Gasteiger partial charge in [0.15, 0.2) is 0 Å². The van der Waals surface area contributed by atoms with Crippen molar-refractivity contribution in [3.05, 3.63) is 0 Å². The molecule has 0 fully saturated rings. The van der Waals surface area contributed by atoms with Gasteiger partial charge < -0.3 is 10.6 Å². The zero-order valence-corrected chi connectivity index (χ0v) is 9.96. The maximum atomic E-state index is 11.3. The SMILES string of the molecule is CNC(=O)CSCC(=O)NC(C)(C)C. The van der Waals surface area contributed by atoms with Gasteiger partial charge in [0.2, 0.25) is 11.8 Å². The van der Waals surface area contributed by atoms with Gasteiger partial charge in [0.25, 0.3) is 0 Å². The molecule has 4 nitrogen and oxygen atoms in total. The van der Waals surface area contributed by atoms with Crippen molar-refractivity contribution < 1.29 is 9.59 Å². The van der Waals surface area contributed by atoms with Crippen LogP contribution < -0.4 is 10.6 Å². The molecule has 82 valence electrons. The fraction of sp³-hybridized carbons (Fsp3) is 0.778. The Morgan fingerprint density at radius 1 is 1.14 bits per heavy atom. The van der Waals surface area contributed by atoms with Crippen LogP contribution in [0.5, 0.6) is 0 Å². The van der Waals surface area contributed by atoms with Gasteiger partial charge in [-0.2, -0.15) is 0 Å². The first-order valence-electron chi connectivity index (χ1n) is 4.44. The second kappa shape index (κ2) is 5.90. The van der Waals surface area contributed by atoms with Crippen molar-refractivity contribution in [1.82, 2.24) is 10.6 Å². The second-order valence-electron chi connectivity index (χ2n) is 3.96. The van der Waals surface area contributed by atoms with Crippen molar-refractivity contribution >= 4 is 23.6 Å². The molecule has 0 unspecified atom stereocenters. The van der Waals surface area contributed by atoms with Crippen LogP contribution in [0.15, 0.2) is 0 Å². The predicted octanol–water partition coefficient (Wildman–Crippen LogP) is 0.380. The van der Waals surface area contributed by atoms with Gasteiger partial charge in [-0.15, -0.1) is 11.8 Å². The van der Waals surface area contributed by atoms with E-state index in [1.807, 2.05) is 20.8 Å². The van der Waals surface area contributed by atoms with Crippen molar-refractivity contribution in [2.45, 2.75) is 26.3 Å². The highest BCUT2D eigenvalue weighted by Gasteiger charge is 2.13. The van der Waals surface area contributed by atoms with E-state index in [0.717, 1.165) is 0 Å². The molecule has 0 aromatic heterocycles. The maximum absolute atomic E-state index is 11.3. The van der Waals surface area contributed by atoms with Gasteiger partial charge in [0.05, 0.1) is 11.5 Å². The molecular formula is C9H18N2O2S. The first-order valence-corrected chi connectivity index (χ1v) is 5.60. The standard InChI is InChI=1S/C9H18N2O2S/c1-9(2,3)11-8(13)6-14-5-7(12)10-4/h5-6H2,1-4H3,(H,10,12)(H,11,13). The average molecular weight is 218 g/mol. The fourth-order valence-corrected chi connectivity index (χ4v) is 1.45. The van der Waals surface area contributed by atoms with Crippen molar-refractivity contribution in [3.8, 4) is 0 Å². The van der Waals surface area contributed by atoms with Crippen LogP contribution in [-0.2, 0) is 9.59 Å². The number of thioether (sulfide) groups is 1. The van der Waals surface area contributed by atoms with E-state index in [4.69, 9.17) is 0 Å². The third-order valence-corrected chi connectivity index (χ3v) is 2.19. The number of hydrogen-bond donors (Lipinski definition) is 2. The molecule has 0 aromatic rings. The minimum atomic E-state index is -0.204. The van der Waals surface area contributed by atoms with E-state index in [-0.39, 0.29) is 17.4 Å². The number of hydrogen-bond acceptors (Lipinski definition) is 3. The summed E-state index contributed by atoms with van der Waals surface area (Å²) in [4.78, 5) is 22.1. The van der Waals surface area contributed by atoms with Crippen molar-refractivity contribution in [3.63, 3.8) is 0 Å². The van der Waals surface area contributed by atoms with Crippen molar-refractivity contribution in [1.29, 1.82) is 0 Å². The highest BCUT2D eigenvalue weighted by atomic mass is 32.2. The summed E-state index contributed by atoms with van der Waals surface area (Å²) in [6.07, 6.45) is 0. The van der Waals surface area contributed by atoms with Crippen LogP contribution in [0.2, 0.25) is 0 Å². The third-order valence-electron chi connectivity index (χ3n) is 1.26. The molecule has 5 heteroatoms. The Hall–Kier alpha value is -0.710. The highest BCUT2D eigenvalue weighted by molar-refractivity contribution is 8.00. The van der Waals surface area contributed by atoms with Crippen LogP contribution in [0, 0.1) is 0 Å². The molecule has 0 aliphatic carbocycles. The molecule has 14 heavy (non-hydrogen) atoms. The molecule has 0 aliphatic rings. The summed E-state index contributed by atoms with van der Waals surface area (Å²) in [6, 6.07) is 0. The summed E-state index contributed by atoms with van der Waals surface area (Å²) in [5.74, 6) is 0.559. The largest absolute Gasteiger partial charge is 0.358 e. The molecule has 2 N–H and O–H groups in total. The van der Waals surface area contributed by atoms with E-state index in [1.54, 1.807) is 7.05 Å². The molecule has 0 aromatic carbocycles. The summed E-state index contributed by atoms with van der Waals surface area (Å²) in [6.45, 7) is 5.77. The predicted molar refractivity (Wildman–Crippen MR) is 59.3 cm³/mol. The van der Waals surface area contributed by atoms with Gasteiger partial charge in [-0.1, -0.05) is 0 Å². The van der Waals surface area contributed by atoms with E-state index in [0.29, 0.717) is 11.5 Å². The molecule has 0 rings (SSSR count). The monoisotopic (exact) mass is 218 g/mol. The normalized spacial score (nSPS) is 10.9. The molecule has 0 spiro atoms. The van der Waals surface area contributed by atoms with Gasteiger partial charge in [0, 0.05) is 12.6 Å². The molecule has 0 atom stereocenters. The highest BCUT2D eigenvalue weighted by Crippen LogP contribution is 2.02. The molecule has 0 bridgehead atoms. The molecule has 0 saturated carbocycles. The van der Waals surface area contributed by atoms with E-state index in [2.05, 4.69) is 10.6 Å². The topological polar surface area (TPSA) is 58.2 Å². The van der Waals surface area contributed by atoms with Gasteiger partial charge in [0.1, 0.15) is 0 Å². The molecule has 0 aliphatic heterocycles. The molecule has 2 amide bonds. The Morgan fingerprint density at radius 2 is 1.64 bits per heavy atom. The molecule has 0 saturated heterocycles. The van der Waals surface area contributed by atoms with E-state index >= 15 is 0 Å². The quantitative estimate of drug-likeness (QED) is 0.717. The first kappa shape index (κ1) is 13.3. The van der Waals surface area contributed by atoms with Crippen molar-refractivity contribution in [2.75, 3.05) is 18.6 Å². The van der Waals surface area contributed by atoms with Crippen LogP contribution in [-0.4, -0.2) is 35.9 Å². The Bertz CT molecular complexity index is 211. The Balaban J connectivity index is 3.60. The van der Waals surface area contributed by atoms with Crippen LogP contribution in [0.1, 0.15) is 20.8 Å². The summed E-state index contributed by atoms with van der Waals surface area (Å²) in [7, 11) is 1.58. The smallest absolute Gasteiger partial charge is 0.230 e. The molecular weight excluding hydrogens is 200 g/mol. The van der Waals surface area contributed by atoms with Crippen LogP contribution in [0.25, 0.3) is 0 Å². The van der Waals surface area contributed by atoms with E-state index in [1.165, 1.54) is 11.8 Å². The van der Waals surface area contributed by atoms with Gasteiger partial charge >= 0.3 is 0 Å². The van der Waals surface area contributed by atoms with Gasteiger partial charge in [-0.25, -0.2) is 0 Å². The van der Waals surface area contributed by atoms with E-state index < -0.39 is 0 Å². The van der Waals surface area contributed by atoms with E-state index in [9.17, 15) is 9.59 Å². The number of carbonyl (C=O) groups excluding carboxylic acids is 2. The Morgan fingerprint density at radius 3 is 2.07 bits per heavy atom. The summed E-state index contributed by atoms with van der Waals surface area (Å²) < 4.78 is 0. The zero-order valence-electron chi connectivity index (χ0n) is 9.14. The fourth-order valence-electron chi connectivity index (χ4n) is 0.763. The number of nitrogens with one attached hydrogen (secondary N) is 2. The molecule has 0 radical (unpaired) electrons. The lowest BCUT2D eigenvalue weighted by atomic mass is 10.1. The van der Waals surface area contributed by atoms with Crippen molar-refractivity contribution in [2.24, 2.45) is 0 Å². The van der Waals surface area contributed by atoms with Crippen LogP contribution >= 0.6 is 11.8 Å². The summed E-state index contributed by atoms with van der Waals surface area (Å²) in [5, 5.41) is 5.31. The maximum Gasteiger partial charge on any atom is 0.230 e. The average Bonchev–Trinajstić information content (AvgIpc) is 2.00. The minimum Gasteiger partial charge on any atom is -0.358 e. The van der Waals surface area contributed by atoms with Crippen LogP contribution in [0.4, 0.5) is 0 Å². The third kappa shape index (κ3) is 7.91. The second-order valence-corrected chi connectivity index (χ2v) is 4.95. The summed E-state index contributed by atoms with van der Waals surface area (Å²) >= 11 is 1.31. The number of rotatable bonds is 4. The lowest BCUT2D eigenvalue weighted by Gasteiger charge is -2.20. The minimum absolute atomic E-state index is 0.0357. The van der Waals surface area contributed by atoms with Gasteiger partial charge in [-0.3, -0.25) is 9.59 Å². The Kier molecular flexibility index (Phi) is 5.60. The zero-order chi connectivity index (χ0) is 11.2.